The molecule has 0 aliphatic heterocycles. The molecule has 1 aromatic rings. The van der Waals surface area contributed by atoms with Crippen molar-refractivity contribution in [1.82, 2.24) is 10.3 Å². The smallest absolute Gasteiger partial charge is 0.0981 e. The summed E-state index contributed by atoms with van der Waals surface area (Å²) in [7, 11) is 0. The van der Waals surface area contributed by atoms with Gasteiger partial charge in [-0.3, -0.25) is 0 Å². The van der Waals surface area contributed by atoms with Gasteiger partial charge in [-0.1, -0.05) is 32.4 Å². The summed E-state index contributed by atoms with van der Waals surface area (Å²) in [5.74, 6) is 0. The lowest BCUT2D eigenvalue weighted by atomic mass is 9.98. The van der Waals surface area contributed by atoms with Crippen molar-refractivity contribution in [3.63, 3.8) is 0 Å². The number of thiazole rings is 1. The Hall–Kier alpha value is -0.670. The molecule has 0 aromatic carbocycles. The Kier molecular flexibility index (Phi) is 4.57. The minimum Gasteiger partial charge on any atom is -0.311 e. The number of hydrogen-bond donors (Lipinski definition) is 1. The highest BCUT2D eigenvalue weighted by molar-refractivity contribution is 7.11. The van der Waals surface area contributed by atoms with E-state index in [1.54, 1.807) is 5.57 Å². The van der Waals surface area contributed by atoms with Crippen LogP contribution in [0.4, 0.5) is 0 Å². The fourth-order valence-corrected chi connectivity index (χ4v) is 3.10. The third-order valence-corrected chi connectivity index (χ3v) is 4.68. The highest BCUT2D eigenvalue weighted by Gasteiger charge is 2.17. The maximum Gasteiger partial charge on any atom is 0.0981 e. The topological polar surface area (TPSA) is 24.9 Å². The van der Waals surface area contributed by atoms with Gasteiger partial charge in [-0.25, -0.2) is 4.98 Å². The molecule has 0 bridgehead atoms. The van der Waals surface area contributed by atoms with Crippen molar-refractivity contribution in [1.29, 1.82) is 0 Å². The van der Waals surface area contributed by atoms with Crippen molar-refractivity contribution in [2.75, 3.05) is 6.54 Å². The van der Waals surface area contributed by atoms with Crippen LogP contribution in [-0.4, -0.2) is 11.5 Å². The number of nitrogens with one attached hydrogen (secondary N) is 1. The third-order valence-electron chi connectivity index (χ3n) is 3.25. The molecule has 0 saturated carbocycles. The standard InChI is InChI=1S/C15H24N2S/c1-15(2,3)14-17-11-13(18-14)10-16-9-8-12-6-4-5-7-12/h6,11,16H,4-5,7-10H2,1-3H3. The summed E-state index contributed by atoms with van der Waals surface area (Å²) in [5.41, 5.74) is 1.82. The molecule has 0 saturated heterocycles. The van der Waals surface area contributed by atoms with Crippen LogP contribution < -0.4 is 5.32 Å². The van der Waals surface area contributed by atoms with Gasteiger partial charge in [0.2, 0.25) is 0 Å². The van der Waals surface area contributed by atoms with Gasteiger partial charge in [-0.2, -0.15) is 0 Å². The SMILES string of the molecule is CC(C)(C)c1ncc(CNCCC2=CCCC2)s1. The molecule has 0 radical (unpaired) electrons. The molecule has 1 heterocycles. The first-order valence-corrected chi connectivity index (χ1v) is 7.71. The maximum atomic E-state index is 4.51. The lowest BCUT2D eigenvalue weighted by Gasteiger charge is -2.13. The number of allylic oxidation sites excluding steroid dienone is 1. The van der Waals surface area contributed by atoms with E-state index in [4.69, 9.17) is 0 Å². The normalized spacial score (nSPS) is 16.1. The summed E-state index contributed by atoms with van der Waals surface area (Å²) in [4.78, 5) is 5.86. The van der Waals surface area contributed by atoms with Crippen LogP contribution in [0.2, 0.25) is 0 Å². The monoisotopic (exact) mass is 264 g/mol. The van der Waals surface area contributed by atoms with Crippen LogP contribution in [-0.2, 0) is 12.0 Å². The average Bonchev–Trinajstić information content (AvgIpc) is 2.95. The van der Waals surface area contributed by atoms with Gasteiger partial charge in [-0.05, 0) is 32.2 Å². The molecule has 0 fully saturated rings. The largest absolute Gasteiger partial charge is 0.311 e. The van der Waals surface area contributed by atoms with E-state index >= 15 is 0 Å². The van der Waals surface area contributed by atoms with E-state index in [0.717, 1.165) is 13.1 Å². The van der Waals surface area contributed by atoms with Gasteiger partial charge in [-0.15, -0.1) is 11.3 Å². The molecule has 100 valence electrons. The first kappa shape index (κ1) is 13.8. The van der Waals surface area contributed by atoms with Crippen molar-refractivity contribution in [3.05, 3.63) is 27.7 Å². The number of hydrogen-bond acceptors (Lipinski definition) is 3. The average molecular weight is 264 g/mol. The molecule has 3 heteroatoms. The van der Waals surface area contributed by atoms with Gasteiger partial charge in [0.1, 0.15) is 0 Å². The Balaban J connectivity index is 1.71. The van der Waals surface area contributed by atoms with Crippen LogP contribution in [0.25, 0.3) is 0 Å². The molecule has 1 N–H and O–H groups in total. The molecule has 2 rings (SSSR count). The molecular weight excluding hydrogens is 240 g/mol. The van der Waals surface area contributed by atoms with Crippen molar-refractivity contribution in [2.24, 2.45) is 0 Å². The number of rotatable bonds is 5. The quantitative estimate of drug-likeness (QED) is 0.641. The molecule has 0 amide bonds. The molecule has 2 nitrogen and oxygen atoms in total. The number of aromatic nitrogens is 1. The predicted octanol–water partition coefficient (Wildman–Crippen LogP) is 4.03. The van der Waals surface area contributed by atoms with Crippen molar-refractivity contribution >= 4 is 11.3 Å². The third kappa shape index (κ3) is 3.92. The highest BCUT2D eigenvalue weighted by Crippen LogP contribution is 2.26. The lowest BCUT2D eigenvalue weighted by Crippen LogP contribution is -2.14. The molecule has 18 heavy (non-hydrogen) atoms. The lowest BCUT2D eigenvalue weighted by molar-refractivity contribution is 0.585. The van der Waals surface area contributed by atoms with Crippen LogP contribution in [0, 0.1) is 0 Å². The summed E-state index contributed by atoms with van der Waals surface area (Å²) in [6, 6.07) is 0. The first-order valence-electron chi connectivity index (χ1n) is 6.89. The summed E-state index contributed by atoms with van der Waals surface area (Å²) < 4.78 is 0. The van der Waals surface area contributed by atoms with E-state index < -0.39 is 0 Å². The molecular formula is C15H24N2S. The molecule has 1 aliphatic rings. The summed E-state index contributed by atoms with van der Waals surface area (Å²) in [6.45, 7) is 8.70. The molecule has 1 aromatic heterocycles. The zero-order valence-electron chi connectivity index (χ0n) is 11.8. The van der Waals surface area contributed by atoms with Gasteiger partial charge in [0.15, 0.2) is 0 Å². The van der Waals surface area contributed by atoms with E-state index in [1.165, 1.54) is 35.6 Å². The minimum atomic E-state index is 0.178. The van der Waals surface area contributed by atoms with E-state index in [0.29, 0.717) is 0 Å². The Morgan fingerprint density at radius 3 is 2.83 bits per heavy atom. The Bertz CT molecular complexity index is 412. The Morgan fingerprint density at radius 2 is 2.22 bits per heavy atom. The molecule has 0 spiro atoms. The highest BCUT2D eigenvalue weighted by atomic mass is 32.1. The van der Waals surface area contributed by atoms with Crippen molar-refractivity contribution in [3.8, 4) is 0 Å². The van der Waals surface area contributed by atoms with Crippen molar-refractivity contribution < 1.29 is 0 Å². The minimum absolute atomic E-state index is 0.178. The van der Waals surface area contributed by atoms with Gasteiger partial charge >= 0.3 is 0 Å². The van der Waals surface area contributed by atoms with Gasteiger partial charge in [0.25, 0.3) is 0 Å². The maximum absolute atomic E-state index is 4.51. The Morgan fingerprint density at radius 1 is 1.39 bits per heavy atom. The molecule has 0 atom stereocenters. The van der Waals surface area contributed by atoms with Gasteiger partial charge in [0, 0.05) is 23.0 Å². The van der Waals surface area contributed by atoms with E-state index in [-0.39, 0.29) is 5.41 Å². The van der Waals surface area contributed by atoms with Gasteiger partial charge < -0.3 is 5.32 Å². The van der Waals surface area contributed by atoms with Crippen molar-refractivity contribution in [2.45, 2.75) is 58.4 Å². The van der Waals surface area contributed by atoms with E-state index in [9.17, 15) is 0 Å². The second kappa shape index (κ2) is 5.98. The second-order valence-electron chi connectivity index (χ2n) is 6.06. The molecule has 0 unspecified atom stereocenters. The number of nitrogens with zero attached hydrogens (tertiary/aromatic N) is 1. The Labute approximate surface area is 115 Å². The summed E-state index contributed by atoms with van der Waals surface area (Å²) >= 11 is 1.83. The van der Waals surface area contributed by atoms with Crippen LogP contribution in [0.1, 0.15) is 56.3 Å². The zero-order valence-corrected chi connectivity index (χ0v) is 12.6. The van der Waals surface area contributed by atoms with E-state index in [2.05, 4.69) is 37.1 Å². The van der Waals surface area contributed by atoms with E-state index in [1.807, 2.05) is 17.5 Å². The molecule has 1 aliphatic carbocycles. The zero-order chi connectivity index (χ0) is 13.0. The predicted molar refractivity (Wildman–Crippen MR) is 79.1 cm³/mol. The first-order chi connectivity index (χ1) is 8.55. The summed E-state index contributed by atoms with van der Waals surface area (Å²) in [6.07, 6.45) is 9.61. The fraction of sp³-hybridized carbons (Fsp3) is 0.667. The van der Waals surface area contributed by atoms with Crippen LogP contribution in [0.3, 0.4) is 0 Å². The van der Waals surface area contributed by atoms with Gasteiger partial charge in [0.05, 0.1) is 5.01 Å². The van der Waals surface area contributed by atoms with Crippen LogP contribution in [0.5, 0.6) is 0 Å². The van der Waals surface area contributed by atoms with Crippen LogP contribution >= 0.6 is 11.3 Å². The second-order valence-corrected chi connectivity index (χ2v) is 7.18. The fourth-order valence-electron chi connectivity index (χ4n) is 2.16. The van der Waals surface area contributed by atoms with Crippen LogP contribution in [0.15, 0.2) is 17.8 Å². The summed E-state index contributed by atoms with van der Waals surface area (Å²) in [5, 5.41) is 4.76.